The zero-order valence-electron chi connectivity index (χ0n) is 14.8. The van der Waals surface area contributed by atoms with Gasteiger partial charge in [0.05, 0.1) is 17.2 Å². The standard InChI is InChI=1S/C19H19ClF3NO4/c20-13-6-10(17(25)24-3-1-2-15(24)18(26)27)14(21)7-16(13)28-8-9-4-11-12(5-9)19(11,22)23/h6-7,9,11-12,15H,1-5,8H2,(H,26,27)/t9?,11?,12?,15-/m0/s1. The molecule has 2 unspecified atom stereocenters. The average molecular weight is 418 g/mol. The number of fused-ring (bicyclic) bond motifs is 1. The Kier molecular flexibility index (Phi) is 4.72. The summed E-state index contributed by atoms with van der Waals surface area (Å²) in [6, 6.07) is 1.14. The molecule has 1 aromatic rings. The van der Waals surface area contributed by atoms with Crippen molar-refractivity contribution in [3.05, 3.63) is 28.5 Å². The molecule has 2 saturated carbocycles. The molecule has 3 atom stereocenters. The Balaban J connectivity index is 1.42. The fourth-order valence-corrected chi connectivity index (χ4v) is 4.70. The molecule has 3 fully saturated rings. The first-order valence-corrected chi connectivity index (χ1v) is 9.61. The lowest BCUT2D eigenvalue weighted by molar-refractivity contribution is -0.141. The number of alkyl halides is 2. The Hall–Kier alpha value is -1.96. The highest BCUT2D eigenvalue weighted by molar-refractivity contribution is 6.32. The second-order valence-electron chi connectivity index (χ2n) is 7.79. The molecule has 3 aliphatic rings. The molecule has 1 amide bonds. The van der Waals surface area contributed by atoms with E-state index < -0.39 is 41.5 Å². The van der Waals surface area contributed by atoms with Crippen molar-refractivity contribution in [1.29, 1.82) is 0 Å². The van der Waals surface area contributed by atoms with E-state index in [1.807, 2.05) is 0 Å². The van der Waals surface area contributed by atoms with Gasteiger partial charge in [0.25, 0.3) is 11.8 Å². The fourth-order valence-electron chi connectivity index (χ4n) is 4.49. The van der Waals surface area contributed by atoms with Crippen molar-refractivity contribution in [2.24, 2.45) is 17.8 Å². The van der Waals surface area contributed by atoms with Crippen LogP contribution in [-0.4, -0.2) is 47.0 Å². The van der Waals surface area contributed by atoms with E-state index in [2.05, 4.69) is 0 Å². The van der Waals surface area contributed by atoms with Gasteiger partial charge in [-0.15, -0.1) is 0 Å². The Bertz CT molecular complexity index is 820. The summed E-state index contributed by atoms with van der Waals surface area (Å²) < 4.78 is 46.5. The van der Waals surface area contributed by atoms with Gasteiger partial charge in [0, 0.05) is 24.4 Å². The van der Waals surface area contributed by atoms with Crippen LogP contribution in [0.3, 0.4) is 0 Å². The van der Waals surface area contributed by atoms with Crippen molar-refractivity contribution in [1.82, 2.24) is 4.90 Å². The number of carboxylic acids is 1. The molecular weight excluding hydrogens is 399 g/mol. The lowest BCUT2D eigenvalue weighted by Crippen LogP contribution is -2.40. The fraction of sp³-hybridized carbons (Fsp3) is 0.579. The predicted molar refractivity (Wildman–Crippen MR) is 93.3 cm³/mol. The Morgan fingerprint density at radius 2 is 1.96 bits per heavy atom. The Labute approximate surface area is 164 Å². The molecule has 0 aromatic heterocycles. The van der Waals surface area contributed by atoms with Gasteiger partial charge in [-0.2, -0.15) is 0 Å². The lowest BCUT2D eigenvalue weighted by Gasteiger charge is -2.22. The maximum absolute atomic E-state index is 14.5. The van der Waals surface area contributed by atoms with Crippen LogP contribution in [0.15, 0.2) is 12.1 Å². The van der Waals surface area contributed by atoms with Crippen LogP contribution in [0, 0.1) is 23.6 Å². The normalized spacial score (nSPS) is 30.2. The molecule has 1 aromatic carbocycles. The molecular formula is C19H19ClF3NO4. The van der Waals surface area contributed by atoms with Crippen LogP contribution in [0.2, 0.25) is 5.02 Å². The number of benzene rings is 1. The number of hydrogen-bond acceptors (Lipinski definition) is 3. The number of aliphatic carboxylic acids is 1. The van der Waals surface area contributed by atoms with Crippen LogP contribution < -0.4 is 4.74 Å². The number of carbonyl (C=O) groups is 2. The zero-order valence-corrected chi connectivity index (χ0v) is 15.6. The van der Waals surface area contributed by atoms with Gasteiger partial charge in [0.15, 0.2) is 0 Å². The molecule has 0 spiro atoms. The van der Waals surface area contributed by atoms with Crippen molar-refractivity contribution in [3.8, 4) is 5.75 Å². The van der Waals surface area contributed by atoms with Gasteiger partial charge in [0.1, 0.15) is 17.6 Å². The first kappa shape index (κ1) is 19.4. The first-order chi connectivity index (χ1) is 13.2. The minimum atomic E-state index is -2.55. The van der Waals surface area contributed by atoms with E-state index in [1.165, 1.54) is 0 Å². The van der Waals surface area contributed by atoms with E-state index in [0.717, 1.165) is 17.0 Å². The second-order valence-corrected chi connectivity index (χ2v) is 8.20. The molecule has 1 N–H and O–H groups in total. The van der Waals surface area contributed by atoms with Gasteiger partial charge < -0.3 is 14.7 Å². The molecule has 0 bridgehead atoms. The largest absolute Gasteiger partial charge is 0.492 e. The molecule has 152 valence electrons. The third-order valence-corrected chi connectivity index (χ3v) is 6.36. The average Bonchev–Trinajstić information content (AvgIpc) is 3.11. The summed E-state index contributed by atoms with van der Waals surface area (Å²) >= 11 is 6.12. The number of nitrogens with zero attached hydrogens (tertiary/aromatic N) is 1. The number of carboxylic acid groups (broad SMARTS) is 1. The number of rotatable bonds is 5. The SMILES string of the molecule is O=C(O)[C@@H]1CCCN1C(=O)c1cc(Cl)c(OCC2CC3C(C2)C3(F)F)cc1F. The minimum Gasteiger partial charge on any atom is -0.492 e. The number of ether oxygens (including phenoxy) is 1. The third kappa shape index (κ3) is 3.21. The third-order valence-electron chi connectivity index (χ3n) is 6.07. The summed E-state index contributed by atoms with van der Waals surface area (Å²) in [5, 5.41) is 9.21. The molecule has 2 aliphatic carbocycles. The van der Waals surface area contributed by atoms with Gasteiger partial charge in [0.2, 0.25) is 0 Å². The number of amides is 1. The van der Waals surface area contributed by atoms with Crippen molar-refractivity contribution in [3.63, 3.8) is 0 Å². The van der Waals surface area contributed by atoms with Crippen LogP contribution in [0.1, 0.15) is 36.0 Å². The molecule has 28 heavy (non-hydrogen) atoms. The van der Waals surface area contributed by atoms with Gasteiger partial charge in [-0.1, -0.05) is 11.6 Å². The first-order valence-electron chi connectivity index (χ1n) is 9.23. The van der Waals surface area contributed by atoms with E-state index in [4.69, 9.17) is 16.3 Å². The summed E-state index contributed by atoms with van der Waals surface area (Å²) in [5.41, 5.74) is -0.313. The lowest BCUT2D eigenvalue weighted by atomic mass is 10.0. The highest BCUT2D eigenvalue weighted by Gasteiger charge is 2.71. The summed E-state index contributed by atoms with van der Waals surface area (Å²) in [6.07, 6.45) is 1.60. The maximum Gasteiger partial charge on any atom is 0.326 e. The van der Waals surface area contributed by atoms with Crippen molar-refractivity contribution < 1.29 is 32.6 Å². The van der Waals surface area contributed by atoms with Crippen LogP contribution in [0.25, 0.3) is 0 Å². The van der Waals surface area contributed by atoms with Gasteiger partial charge >= 0.3 is 5.97 Å². The maximum atomic E-state index is 14.5. The van der Waals surface area contributed by atoms with Crippen molar-refractivity contribution in [2.75, 3.05) is 13.2 Å². The quantitative estimate of drug-likeness (QED) is 0.790. The summed E-state index contributed by atoms with van der Waals surface area (Å²) in [7, 11) is 0. The van der Waals surface area contributed by atoms with Crippen molar-refractivity contribution in [2.45, 2.75) is 37.6 Å². The molecule has 4 rings (SSSR count). The van der Waals surface area contributed by atoms with Crippen LogP contribution >= 0.6 is 11.6 Å². The summed E-state index contributed by atoms with van der Waals surface area (Å²) in [5.74, 6) is -6.40. The summed E-state index contributed by atoms with van der Waals surface area (Å²) in [6.45, 7) is 0.391. The minimum absolute atomic E-state index is 0.0179. The smallest absolute Gasteiger partial charge is 0.326 e. The highest BCUT2D eigenvalue weighted by Crippen LogP contribution is 2.65. The molecule has 9 heteroatoms. The molecule has 1 saturated heterocycles. The predicted octanol–water partition coefficient (Wildman–Crippen LogP) is 3.84. The Morgan fingerprint density at radius 1 is 1.29 bits per heavy atom. The Morgan fingerprint density at radius 3 is 2.61 bits per heavy atom. The number of likely N-dealkylation sites (tertiary alicyclic amines) is 1. The van der Waals surface area contributed by atoms with E-state index in [1.54, 1.807) is 0 Å². The van der Waals surface area contributed by atoms with Gasteiger partial charge in [-0.25, -0.2) is 18.0 Å². The molecule has 1 aliphatic heterocycles. The summed E-state index contributed by atoms with van der Waals surface area (Å²) in [4.78, 5) is 24.9. The van der Waals surface area contributed by atoms with Crippen LogP contribution in [0.4, 0.5) is 13.2 Å². The van der Waals surface area contributed by atoms with E-state index in [9.17, 15) is 27.9 Å². The molecule has 0 radical (unpaired) electrons. The van der Waals surface area contributed by atoms with Gasteiger partial charge in [-0.05, 0) is 37.7 Å². The molecule has 1 heterocycles. The second kappa shape index (κ2) is 6.83. The van der Waals surface area contributed by atoms with Gasteiger partial charge in [-0.3, -0.25) is 4.79 Å². The highest BCUT2D eigenvalue weighted by atomic mass is 35.5. The number of carbonyl (C=O) groups excluding carboxylic acids is 1. The molecule has 5 nitrogen and oxygen atoms in total. The van der Waals surface area contributed by atoms with Crippen molar-refractivity contribution >= 4 is 23.5 Å². The van der Waals surface area contributed by atoms with Crippen LogP contribution in [0.5, 0.6) is 5.75 Å². The van der Waals surface area contributed by atoms with E-state index >= 15 is 0 Å². The monoisotopic (exact) mass is 417 g/mol. The zero-order chi connectivity index (χ0) is 20.2. The van der Waals surface area contributed by atoms with Crippen LogP contribution in [-0.2, 0) is 4.79 Å². The van der Waals surface area contributed by atoms with E-state index in [0.29, 0.717) is 25.7 Å². The van der Waals surface area contributed by atoms with E-state index in [-0.39, 0.29) is 35.4 Å². The number of halogens is 4. The topological polar surface area (TPSA) is 66.8 Å². The number of hydrogen-bond donors (Lipinski definition) is 1.